The highest BCUT2D eigenvalue weighted by Gasteiger charge is 2.07. The molecule has 1 aromatic carbocycles. The molecule has 14 heavy (non-hydrogen) atoms. The lowest BCUT2D eigenvalue weighted by atomic mass is 10.2. The molecule has 0 aliphatic rings. The van der Waals surface area contributed by atoms with Gasteiger partial charge in [0, 0.05) is 0 Å². The fraction of sp³-hybridized carbons (Fsp3) is 0. The van der Waals surface area contributed by atoms with Crippen molar-refractivity contribution in [2.75, 3.05) is 11.7 Å². The van der Waals surface area contributed by atoms with Gasteiger partial charge in [0.1, 0.15) is 0 Å². The van der Waals surface area contributed by atoms with Gasteiger partial charge < -0.3 is 11.7 Å². The molecule has 0 saturated heterocycles. The van der Waals surface area contributed by atoms with Crippen LogP contribution in [0, 0.1) is 0 Å². The van der Waals surface area contributed by atoms with Gasteiger partial charge in [0.2, 0.25) is 0 Å². The van der Waals surface area contributed by atoms with E-state index >= 15 is 0 Å². The van der Waals surface area contributed by atoms with Gasteiger partial charge in [-0.2, -0.15) is 4.68 Å². The molecule has 0 atom stereocenters. The molecule has 6 heteroatoms. The maximum absolute atomic E-state index is 11.5. The number of nitrogen functional groups attached to an aromatic ring is 2. The fourth-order valence-corrected chi connectivity index (χ4v) is 1.30. The van der Waals surface area contributed by atoms with Gasteiger partial charge in [0.15, 0.2) is 0 Å². The lowest BCUT2D eigenvalue weighted by Crippen LogP contribution is -2.46. The van der Waals surface area contributed by atoms with Crippen molar-refractivity contribution in [3.8, 4) is 0 Å². The number of nitrogens with two attached hydrogens (primary N) is 2. The van der Waals surface area contributed by atoms with Gasteiger partial charge in [-0.3, -0.25) is 4.79 Å². The first-order valence-corrected chi connectivity index (χ1v) is 3.90. The molecule has 2 aromatic rings. The SMILES string of the molecule is Nn1c(=O)c2ccccc2n(N)c1=O. The van der Waals surface area contributed by atoms with Gasteiger partial charge in [0.05, 0.1) is 10.9 Å². The van der Waals surface area contributed by atoms with Crippen molar-refractivity contribution < 1.29 is 0 Å². The van der Waals surface area contributed by atoms with Crippen LogP contribution in [0.4, 0.5) is 0 Å². The minimum absolute atomic E-state index is 0.317. The molecule has 0 unspecified atom stereocenters. The van der Waals surface area contributed by atoms with Crippen molar-refractivity contribution in [1.29, 1.82) is 0 Å². The van der Waals surface area contributed by atoms with Crippen LogP contribution in [0.2, 0.25) is 0 Å². The maximum Gasteiger partial charge on any atom is 0.368 e. The Bertz CT molecular complexity index is 611. The Morgan fingerprint density at radius 2 is 1.64 bits per heavy atom. The summed E-state index contributed by atoms with van der Waals surface area (Å²) in [6.45, 7) is 0. The Kier molecular flexibility index (Phi) is 1.57. The van der Waals surface area contributed by atoms with Crippen molar-refractivity contribution in [3.63, 3.8) is 0 Å². The van der Waals surface area contributed by atoms with Crippen LogP contribution >= 0.6 is 0 Å². The molecule has 1 heterocycles. The first-order valence-electron chi connectivity index (χ1n) is 3.90. The monoisotopic (exact) mass is 192 g/mol. The van der Waals surface area contributed by atoms with Crippen molar-refractivity contribution in [1.82, 2.24) is 9.35 Å². The molecule has 0 spiro atoms. The summed E-state index contributed by atoms with van der Waals surface area (Å²) in [6.07, 6.45) is 0. The zero-order valence-electron chi connectivity index (χ0n) is 7.18. The van der Waals surface area contributed by atoms with Crippen molar-refractivity contribution in [2.24, 2.45) is 0 Å². The highest BCUT2D eigenvalue weighted by atomic mass is 16.2. The molecule has 6 nitrogen and oxygen atoms in total. The van der Waals surface area contributed by atoms with Crippen molar-refractivity contribution >= 4 is 10.9 Å². The fourth-order valence-electron chi connectivity index (χ4n) is 1.30. The molecule has 0 saturated carbocycles. The first-order chi connectivity index (χ1) is 6.63. The minimum Gasteiger partial charge on any atom is -0.335 e. The second-order valence-electron chi connectivity index (χ2n) is 2.84. The van der Waals surface area contributed by atoms with Gasteiger partial charge in [0.25, 0.3) is 5.56 Å². The average Bonchev–Trinajstić information content (AvgIpc) is 2.23. The van der Waals surface area contributed by atoms with E-state index in [0.717, 1.165) is 4.68 Å². The van der Waals surface area contributed by atoms with E-state index in [4.69, 9.17) is 11.7 Å². The Morgan fingerprint density at radius 3 is 2.36 bits per heavy atom. The molecule has 0 aliphatic carbocycles. The maximum atomic E-state index is 11.5. The third kappa shape index (κ3) is 0.905. The zero-order chi connectivity index (χ0) is 10.3. The number of fused-ring (bicyclic) bond motifs is 1. The summed E-state index contributed by atoms with van der Waals surface area (Å²) in [5, 5.41) is 0.317. The van der Waals surface area contributed by atoms with Crippen LogP contribution in [-0.4, -0.2) is 9.35 Å². The van der Waals surface area contributed by atoms with Gasteiger partial charge in [-0.15, -0.1) is 0 Å². The van der Waals surface area contributed by atoms with Gasteiger partial charge in [-0.25, -0.2) is 9.47 Å². The normalized spacial score (nSPS) is 10.6. The summed E-state index contributed by atoms with van der Waals surface area (Å²) < 4.78 is 1.33. The highest BCUT2D eigenvalue weighted by molar-refractivity contribution is 5.77. The lowest BCUT2D eigenvalue weighted by molar-refractivity contribution is 0.781. The minimum atomic E-state index is -0.742. The summed E-state index contributed by atoms with van der Waals surface area (Å²) in [5.74, 6) is 10.7. The molecule has 1 aromatic heterocycles. The number of aromatic nitrogens is 2. The van der Waals surface area contributed by atoms with E-state index in [-0.39, 0.29) is 0 Å². The largest absolute Gasteiger partial charge is 0.368 e. The molecular weight excluding hydrogens is 184 g/mol. The summed E-state index contributed by atoms with van der Waals surface area (Å²) in [4.78, 5) is 22.7. The van der Waals surface area contributed by atoms with Gasteiger partial charge in [-0.05, 0) is 12.1 Å². The quantitative estimate of drug-likeness (QED) is 0.501. The molecule has 0 aliphatic heterocycles. The Hall–Kier alpha value is -2.24. The third-order valence-corrected chi connectivity index (χ3v) is 2.02. The van der Waals surface area contributed by atoms with E-state index in [2.05, 4.69) is 0 Å². The second-order valence-corrected chi connectivity index (χ2v) is 2.84. The molecule has 4 N–H and O–H groups in total. The Labute approximate surface area is 77.9 Å². The van der Waals surface area contributed by atoms with E-state index in [1.54, 1.807) is 24.3 Å². The Balaban J connectivity index is 3.19. The number of hydrogen-bond donors (Lipinski definition) is 2. The van der Waals surface area contributed by atoms with Crippen LogP contribution in [-0.2, 0) is 0 Å². The first kappa shape index (κ1) is 8.36. The van der Waals surface area contributed by atoms with Crippen molar-refractivity contribution in [2.45, 2.75) is 0 Å². The number of hydrogen-bond acceptors (Lipinski definition) is 4. The number of rotatable bonds is 0. The molecule has 72 valence electrons. The van der Waals surface area contributed by atoms with Crippen LogP contribution in [0.5, 0.6) is 0 Å². The van der Waals surface area contributed by atoms with Gasteiger partial charge >= 0.3 is 5.69 Å². The van der Waals surface area contributed by atoms with E-state index in [9.17, 15) is 9.59 Å². The second kappa shape index (κ2) is 2.63. The molecule has 0 bridgehead atoms. The molecule has 0 amide bonds. The molecule has 0 radical (unpaired) electrons. The van der Waals surface area contributed by atoms with Gasteiger partial charge in [-0.1, -0.05) is 12.1 Å². The standard InChI is InChI=1S/C8H8N4O2/c9-11-6-4-2-1-3-5(6)7(13)12(10)8(11)14/h1-4H,9-10H2. The van der Waals surface area contributed by atoms with Crippen LogP contribution in [0.1, 0.15) is 0 Å². The third-order valence-electron chi connectivity index (χ3n) is 2.02. The predicted molar refractivity (Wildman–Crippen MR) is 52.8 cm³/mol. The number of benzene rings is 1. The molecule has 0 fully saturated rings. The van der Waals surface area contributed by atoms with Crippen LogP contribution < -0.4 is 22.9 Å². The average molecular weight is 192 g/mol. The lowest BCUT2D eigenvalue weighted by Gasteiger charge is -2.05. The summed E-state index contributed by atoms with van der Waals surface area (Å²) in [5.41, 5.74) is -0.926. The summed E-state index contributed by atoms with van der Waals surface area (Å²) >= 11 is 0. The number of para-hydroxylation sites is 1. The summed E-state index contributed by atoms with van der Waals surface area (Å²) in [6, 6.07) is 6.50. The smallest absolute Gasteiger partial charge is 0.335 e. The van der Waals surface area contributed by atoms with E-state index < -0.39 is 11.2 Å². The summed E-state index contributed by atoms with van der Waals surface area (Å²) in [7, 11) is 0. The predicted octanol–water partition coefficient (Wildman–Crippen LogP) is -1.41. The highest BCUT2D eigenvalue weighted by Crippen LogP contribution is 2.03. The van der Waals surface area contributed by atoms with E-state index in [1.807, 2.05) is 0 Å². The van der Waals surface area contributed by atoms with Crippen LogP contribution in [0.3, 0.4) is 0 Å². The zero-order valence-corrected chi connectivity index (χ0v) is 7.18. The molecule has 2 rings (SSSR count). The van der Waals surface area contributed by atoms with Crippen molar-refractivity contribution in [3.05, 3.63) is 45.1 Å². The van der Waals surface area contributed by atoms with E-state index in [0.29, 0.717) is 15.6 Å². The molecular formula is C8H8N4O2. The topological polar surface area (TPSA) is 96.0 Å². The Morgan fingerprint density at radius 1 is 1.00 bits per heavy atom. The number of nitrogens with zero attached hydrogens (tertiary/aromatic N) is 2. The van der Waals surface area contributed by atoms with E-state index in [1.165, 1.54) is 0 Å². The van der Waals surface area contributed by atoms with Crippen LogP contribution in [0.15, 0.2) is 33.9 Å². The van der Waals surface area contributed by atoms with Crippen LogP contribution in [0.25, 0.3) is 10.9 Å².